The highest BCUT2D eigenvalue weighted by atomic mass is 19.3. The number of rotatable bonds is 3. The molecule has 1 aromatic heterocycles. The molecule has 0 unspecified atom stereocenters. The highest BCUT2D eigenvalue weighted by molar-refractivity contribution is 5.85. The first-order chi connectivity index (χ1) is 5.61. The van der Waals surface area contributed by atoms with Crippen LogP contribution < -0.4 is 0 Å². The summed E-state index contributed by atoms with van der Waals surface area (Å²) >= 11 is 0. The van der Waals surface area contributed by atoms with E-state index in [1.807, 2.05) is 0 Å². The molecule has 0 saturated carbocycles. The van der Waals surface area contributed by atoms with E-state index in [4.69, 9.17) is 5.11 Å². The van der Waals surface area contributed by atoms with Crippen LogP contribution in [-0.2, 0) is 6.54 Å². The van der Waals surface area contributed by atoms with Gasteiger partial charge in [-0.25, -0.2) is 13.6 Å². The van der Waals surface area contributed by atoms with Crippen molar-refractivity contribution in [3.8, 4) is 0 Å². The number of nitrogens with zero attached hydrogens (tertiary/aromatic N) is 2. The summed E-state index contributed by atoms with van der Waals surface area (Å²) in [7, 11) is 0. The van der Waals surface area contributed by atoms with Crippen LogP contribution in [-0.4, -0.2) is 27.3 Å². The van der Waals surface area contributed by atoms with Crippen molar-refractivity contribution < 1.29 is 18.7 Å². The van der Waals surface area contributed by atoms with E-state index in [1.165, 1.54) is 12.3 Å². The topological polar surface area (TPSA) is 55.1 Å². The maximum Gasteiger partial charge on any atom is 0.354 e. The van der Waals surface area contributed by atoms with Crippen LogP contribution in [0.5, 0.6) is 0 Å². The number of hydrogen-bond acceptors (Lipinski definition) is 2. The fraction of sp³-hybridized carbons (Fsp3) is 0.333. The third kappa shape index (κ3) is 1.77. The third-order valence-corrected chi connectivity index (χ3v) is 1.25. The summed E-state index contributed by atoms with van der Waals surface area (Å²) in [6.07, 6.45) is -1.42. The molecule has 4 nitrogen and oxygen atoms in total. The lowest BCUT2D eigenvalue weighted by molar-refractivity contribution is 0.0671. The molecule has 0 aliphatic rings. The predicted molar refractivity (Wildman–Crippen MR) is 35.2 cm³/mol. The standard InChI is InChI=1S/C6H6F2N2O2/c7-5(8)3-10-4(6(11)12)1-2-9-10/h1-2,5H,3H2,(H,11,12). The van der Waals surface area contributed by atoms with Crippen LogP contribution in [0.1, 0.15) is 10.5 Å². The van der Waals surface area contributed by atoms with Gasteiger partial charge in [-0.3, -0.25) is 4.68 Å². The van der Waals surface area contributed by atoms with Gasteiger partial charge < -0.3 is 5.11 Å². The van der Waals surface area contributed by atoms with E-state index in [0.29, 0.717) is 0 Å². The SMILES string of the molecule is O=C(O)c1ccnn1CC(F)F. The summed E-state index contributed by atoms with van der Waals surface area (Å²) in [4.78, 5) is 10.4. The Labute approximate surface area is 66.4 Å². The average molecular weight is 176 g/mol. The third-order valence-electron chi connectivity index (χ3n) is 1.25. The Balaban J connectivity index is 2.84. The Bertz CT molecular complexity index is 285. The Kier molecular flexibility index (Phi) is 2.37. The van der Waals surface area contributed by atoms with Gasteiger partial charge in [0.15, 0.2) is 0 Å². The van der Waals surface area contributed by atoms with E-state index >= 15 is 0 Å². The first-order valence-electron chi connectivity index (χ1n) is 3.14. The zero-order chi connectivity index (χ0) is 9.14. The van der Waals surface area contributed by atoms with Gasteiger partial charge in [0.1, 0.15) is 12.2 Å². The summed E-state index contributed by atoms with van der Waals surface area (Å²) in [5.74, 6) is -1.26. The number of carbonyl (C=O) groups is 1. The van der Waals surface area contributed by atoms with Crippen LogP contribution in [0.15, 0.2) is 12.3 Å². The summed E-state index contributed by atoms with van der Waals surface area (Å²) in [5, 5.41) is 11.9. The minimum atomic E-state index is -2.59. The molecule has 1 N–H and O–H groups in total. The second kappa shape index (κ2) is 3.29. The van der Waals surface area contributed by atoms with Gasteiger partial charge in [-0.2, -0.15) is 5.10 Å². The number of alkyl halides is 2. The van der Waals surface area contributed by atoms with Crippen LogP contribution >= 0.6 is 0 Å². The molecule has 12 heavy (non-hydrogen) atoms. The van der Waals surface area contributed by atoms with Crippen molar-refractivity contribution in [2.45, 2.75) is 13.0 Å². The second-order valence-electron chi connectivity index (χ2n) is 2.09. The molecule has 0 radical (unpaired) electrons. The molecule has 1 aromatic rings. The highest BCUT2D eigenvalue weighted by Crippen LogP contribution is 2.02. The number of halogens is 2. The van der Waals surface area contributed by atoms with Gasteiger partial charge in [0.2, 0.25) is 0 Å². The van der Waals surface area contributed by atoms with E-state index in [1.54, 1.807) is 0 Å². The number of hydrogen-bond donors (Lipinski definition) is 1. The normalized spacial score (nSPS) is 10.6. The van der Waals surface area contributed by atoms with Crippen molar-refractivity contribution in [2.24, 2.45) is 0 Å². The molecule has 6 heteroatoms. The van der Waals surface area contributed by atoms with E-state index < -0.39 is 18.9 Å². The van der Waals surface area contributed by atoms with Crippen molar-refractivity contribution in [3.05, 3.63) is 18.0 Å². The highest BCUT2D eigenvalue weighted by Gasteiger charge is 2.13. The van der Waals surface area contributed by atoms with Gasteiger partial charge in [0.25, 0.3) is 6.43 Å². The van der Waals surface area contributed by atoms with Crippen LogP contribution in [0.2, 0.25) is 0 Å². The van der Waals surface area contributed by atoms with Crippen molar-refractivity contribution in [3.63, 3.8) is 0 Å². The number of aromatic nitrogens is 2. The Morgan fingerprint density at radius 1 is 1.75 bits per heavy atom. The molecular formula is C6H6F2N2O2. The summed E-state index contributed by atoms with van der Waals surface area (Å²) in [6, 6.07) is 1.17. The molecule has 0 aromatic carbocycles. The van der Waals surface area contributed by atoms with Gasteiger partial charge in [-0.15, -0.1) is 0 Å². The van der Waals surface area contributed by atoms with Crippen LogP contribution in [0.25, 0.3) is 0 Å². The molecule has 0 amide bonds. The monoisotopic (exact) mass is 176 g/mol. The molecule has 0 aliphatic carbocycles. The molecule has 0 aliphatic heterocycles. The quantitative estimate of drug-likeness (QED) is 0.742. The zero-order valence-corrected chi connectivity index (χ0v) is 5.94. The van der Waals surface area contributed by atoms with Gasteiger partial charge in [0, 0.05) is 6.20 Å². The molecule has 1 heterocycles. The number of carboxylic acid groups (broad SMARTS) is 1. The van der Waals surface area contributed by atoms with E-state index in [9.17, 15) is 13.6 Å². The van der Waals surface area contributed by atoms with Crippen molar-refractivity contribution in [1.82, 2.24) is 9.78 Å². The number of aromatic carboxylic acids is 1. The van der Waals surface area contributed by atoms with Crippen LogP contribution in [0, 0.1) is 0 Å². The average Bonchev–Trinajstić information content (AvgIpc) is 2.33. The fourth-order valence-electron chi connectivity index (χ4n) is 0.791. The van der Waals surface area contributed by atoms with E-state index in [2.05, 4.69) is 5.10 Å². The number of carboxylic acids is 1. The Morgan fingerprint density at radius 3 is 2.92 bits per heavy atom. The van der Waals surface area contributed by atoms with E-state index in [-0.39, 0.29) is 5.69 Å². The van der Waals surface area contributed by atoms with Crippen LogP contribution in [0.4, 0.5) is 8.78 Å². The molecule has 0 spiro atoms. The van der Waals surface area contributed by atoms with Gasteiger partial charge in [-0.1, -0.05) is 0 Å². The molecule has 0 bridgehead atoms. The lowest BCUT2D eigenvalue weighted by Crippen LogP contribution is -2.14. The van der Waals surface area contributed by atoms with Gasteiger partial charge in [-0.05, 0) is 6.07 Å². The lowest BCUT2D eigenvalue weighted by atomic mass is 10.4. The molecule has 0 atom stereocenters. The Hall–Kier alpha value is -1.46. The van der Waals surface area contributed by atoms with Gasteiger partial charge in [0.05, 0.1) is 0 Å². The van der Waals surface area contributed by atoms with Crippen LogP contribution in [0.3, 0.4) is 0 Å². The maximum atomic E-state index is 11.8. The lowest BCUT2D eigenvalue weighted by Gasteiger charge is -2.01. The van der Waals surface area contributed by atoms with Crippen molar-refractivity contribution >= 4 is 5.97 Å². The molecule has 0 fully saturated rings. The molecular weight excluding hydrogens is 170 g/mol. The second-order valence-corrected chi connectivity index (χ2v) is 2.09. The van der Waals surface area contributed by atoms with E-state index in [0.717, 1.165) is 4.68 Å². The first-order valence-corrected chi connectivity index (χ1v) is 3.14. The summed E-state index contributed by atoms with van der Waals surface area (Å²) in [6.45, 7) is -0.686. The summed E-state index contributed by atoms with van der Waals surface area (Å²) in [5.41, 5.74) is -0.227. The largest absolute Gasteiger partial charge is 0.477 e. The maximum absolute atomic E-state index is 11.8. The minimum absolute atomic E-state index is 0.227. The fourth-order valence-corrected chi connectivity index (χ4v) is 0.791. The zero-order valence-electron chi connectivity index (χ0n) is 5.94. The van der Waals surface area contributed by atoms with Crippen molar-refractivity contribution in [2.75, 3.05) is 0 Å². The van der Waals surface area contributed by atoms with Crippen molar-refractivity contribution in [1.29, 1.82) is 0 Å². The Morgan fingerprint density at radius 2 is 2.42 bits per heavy atom. The van der Waals surface area contributed by atoms with Gasteiger partial charge >= 0.3 is 5.97 Å². The molecule has 66 valence electrons. The summed E-state index contributed by atoms with van der Waals surface area (Å²) < 4.78 is 24.3. The molecule has 0 saturated heterocycles. The smallest absolute Gasteiger partial charge is 0.354 e. The first kappa shape index (κ1) is 8.63. The molecule has 1 rings (SSSR count). The minimum Gasteiger partial charge on any atom is -0.477 e. The predicted octanol–water partition coefficient (Wildman–Crippen LogP) is 0.846.